The Morgan fingerprint density at radius 3 is 2.71 bits per heavy atom. The Morgan fingerprint density at radius 2 is 2.04 bits per heavy atom. The van der Waals surface area contributed by atoms with E-state index >= 15 is 0 Å². The maximum atomic E-state index is 5.40. The molecular weight excluding hydrogens is 322 g/mol. The number of halogens is 1. The summed E-state index contributed by atoms with van der Waals surface area (Å²) in [7, 11) is 1.70. The highest BCUT2D eigenvalue weighted by molar-refractivity contribution is 5.91. The molecule has 0 aliphatic rings. The number of anilines is 1. The highest BCUT2D eigenvalue weighted by Crippen LogP contribution is 2.27. The minimum atomic E-state index is 0. The van der Waals surface area contributed by atoms with Crippen LogP contribution in [0.2, 0.25) is 0 Å². The first-order valence-corrected chi connectivity index (χ1v) is 8.53. The zero-order valence-electron chi connectivity index (χ0n) is 15.2. The molecule has 1 heterocycles. The average Bonchev–Trinajstić information content (AvgIpc) is 2.54. The summed E-state index contributed by atoms with van der Waals surface area (Å²) in [6.07, 6.45) is 3.03. The summed E-state index contributed by atoms with van der Waals surface area (Å²) in [5.41, 5.74) is 2.04. The molecule has 0 fully saturated rings. The van der Waals surface area contributed by atoms with Crippen molar-refractivity contribution < 1.29 is 4.74 Å². The lowest BCUT2D eigenvalue weighted by Crippen LogP contribution is -2.33. The molecule has 4 nitrogen and oxygen atoms in total. The molecule has 0 unspecified atom stereocenters. The lowest BCUT2D eigenvalue weighted by Gasteiger charge is -2.24. The van der Waals surface area contributed by atoms with E-state index in [-0.39, 0.29) is 12.4 Å². The third-order valence-electron chi connectivity index (χ3n) is 3.82. The van der Waals surface area contributed by atoms with Crippen molar-refractivity contribution in [2.75, 3.05) is 38.6 Å². The normalized spacial score (nSPS) is 10.9. The van der Waals surface area contributed by atoms with E-state index in [0.717, 1.165) is 48.5 Å². The number of aromatic nitrogens is 1. The Bertz CT molecular complexity index is 619. The topological polar surface area (TPSA) is 37.4 Å². The third-order valence-corrected chi connectivity index (χ3v) is 3.82. The first-order chi connectivity index (χ1) is 11.1. The molecule has 0 radical (unpaired) electrons. The Labute approximate surface area is 152 Å². The van der Waals surface area contributed by atoms with Crippen LogP contribution < -0.4 is 10.1 Å². The lowest BCUT2D eigenvalue weighted by molar-refractivity contribution is 0.253. The second kappa shape index (κ2) is 10.4. The number of methoxy groups -OCH3 is 1. The molecule has 0 bridgehead atoms. The second-order valence-corrected chi connectivity index (χ2v) is 6.37. The van der Waals surface area contributed by atoms with Crippen molar-refractivity contribution in [3.63, 3.8) is 0 Å². The van der Waals surface area contributed by atoms with Crippen LogP contribution in [0.1, 0.15) is 27.2 Å². The van der Waals surface area contributed by atoms with Gasteiger partial charge >= 0.3 is 0 Å². The van der Waals surface area contributed by atoms with Crippen molar-refractivity contribution >= 4 is 29.0 Å². The zero-order valence-corrected chi connectivity index (χ0v) is 16.0. The smallest absolute Gasteiger partial charge is 0.121 e. The van der Waals surface area contributed by atoms with Crippen molar-refractivity contribution in [3.8, 4) is 5.75 Å². The van der Waals surface area contributed by atoms with Gasteiger partial charge in [-0.1, -0.05) is 26.8 Å². The highest BCUT2D eigenvalue weighted by Gasteiger charge is 2.08. The van der Waals surface area contributed by atoms with Crippen molar-refractivity contribution in [1.29, 1.82) is 0 Å². The van der Waals surface area contributed by atoms with E-state index < -0.39 is 0 Å². The highest BCUT2D eigenvalue weighted by atomic mass is 35.5. The number of hydrogen-bond donors (Lipinski definition) is 1. The van der Waals surface area contributed by atoms with Gasteiger partial charge in [0, 0.05) is 37.3 Å². The molecule has 134 valence electrons. The van der Waals surface area contributed by atoms with E-state index in [4.69, 9.17) is 4.74 Å². The zero-order chi connectivity index (χ0) is 16.7. The molecule has 0 atom stereocenters. The predicted octanol–water partition coefficient (Wildman–Crippen LogP) is 4.45. The molecule has 0 amide bonds. The fourth-order valence-corrected chi connectivity index (χ4v) is 2.89. The average molecular weight is 352 g/mol. The molecular formula is C19H30ClN3O. The molecule has 24 heavy (non-hydrogen) atoms. The number of rotatable bonds is 9. The fourth-order valence-electron chi connectivity index (χ4n) is 2.89. The number of pyridine rings is 1. The molecule has 5 heteroatoms. The SMILES string of the molecule is CCCN(CCNc1cc(OC)cc2cccnc12)CC(C)C.Cl. The van der Waals surface area contributed by atoms with Crippen molar-refractivity contribution in [2.45, 2.75) is 27.2 Å². The van der Waals surface area contributed by atoms with Crippen LogP contribution in [0.25, 0.3) is 10.9 Å². The Hall–Kier alpha value is -1.52. The van der Waals surface area contributed by atoms with Crippen LogP contribution in [0.5, 0.6) is 5.75 Å². The minimum absolute atomic E-state index is 0. The van der Waals surface area contributed by atoms with Crippen molar-refractivity contribution in [1.82, 2.24) is 9.88 Å². The molecule has 1 aromatic heterocycles. The number of nitrogens with one attached hydrogen (secondary N) is 1. The van der Waals surface area contributed by atoms with Gasteiger partial charge < -0.3 is 15.0 Å². The van der Waals surface area contributed by atoms with Crippen LogP contribution in [0.3, 0.4) is 0 Å². The number of ether oxygens (including phenoxy) is 1. The molecule has 2 aromatic rings. The summed E-state index contributed by atoms with van der Waals surface area (Å²) < 4.78 is 5.40. The molecule has 0 saturated carbocycles. The fraction of sp³-hybridized carbons (Fsp3) is 0.526. The van der Waals surface area contributed by atoms with Gasteiger partial charge in [0.2, 0.25) is 0 Å². The number of hydrogen-bond acceptors (Lipinski definition) is 4. The Morgan fingerprint density at radius 1 is 1.25 bits per heavy atom. The summed E-state index contributed by atoms with van der Waals surface area (Å²) in [6.45, 7) is 11.0. The Balaban J connectivity index is 0.00000288. The van der Waals surface area contributed by atoms with E-state index in [9.17, 15) is 0 Å². The van der Waals surface area contributed by atoms with Crippen LogP contribution in [0, 0.1) is 5.92 Å². The van der Waals surface area contributed by atoms with Crippen LogP contribution in [0.15, 0.2) is 30.5 Å². The van der Waals surface area contributed by atoms with Gasteiger partial charge in [0.1, 0.15) is 5.75 Å². The maximum Gasteiger partial charge on any atom is 0.121 e. The van der Waals surface area contributed by atoms with E-state index in [0.29, 0.717) is 5.92 Å². The summed E-state index contributed by atoms with van der Waals surface area (Å²) in [5.74, 6) is 1.56. The number of nitrogens with zero attached hydrogens (tertiary/aromatic N) is 2. The molecule has 0 spiro atoms. The third kappa shape index (κ3) is 5.84. The van der Waals surface area contributed by atoms with Gasteiger partial charge in [-0.15, -0.1) is 12.4 Å². The van der Waals surface area contributed by atoms with Gasteiger partial charge in [-0.05, 0) is 31.0 Å². The number of fused-ring (bicyclic) bond motifs is 1. The van der Waals surface area contributed by atoms with Gasteiger partial charge in [0.05, 0.1) is 18.3 Å². The van der Waals surface area contributed by atoms with Crippen molar-refractivity contribution in [2.24, 2.45) is 5.92 Å². The van der Waals surface area contributed by atoms with Crippen LogP contribution in [-0.2, 0) is 0 Å². The standard InChI is InChI=1S/C19H29N3O.ClH/c1-5-10-22(14-15(2)3)11-9-20-18-13-17(23-4)12-16-7-6-8-21-19(16)18;/h6-8,12-13,15,20H,5,9-11,14H2,1-4H3;1H. The van der Waals surface area contributed by atoms with Gasteiger partial charge in [-0.2, -0.15) is 0 Å². The summed E-state index contributed by atoms with van der Waals surface area (Å²) >= 11 is 0. The molecule has 0 aliphatic heterocycles. The van der Waals surface area contributed by atoms with Gasteiger partial charge in [0.25, 0.3) is 0 Å². The molecule has 1 aromatic carbocycles. The van der Waals surface area contributed by atoms with Gasteiger partial charge in [0.15, 0.2) is 0 Å². The Kier molecular flexibility index (Phi) is 8.87. The van der Waals surface area contributed by atoms with Crippen molar-refractivity contribution in [3.05, 3.63) is 30.5 Å². The maximum absolute atomic E-state index is 5.40. The monoisotopic (exact) mass is 351 g/mol. The second-order valence-electron chi connectivity index (χ2n) is 6.37. The molecule has 0 aliphatic carbocycles. The van der Waals surface area contributed by atoms with Crippen LogP contribution >= 0.6 is 12.4 Å². The van der Waals surface area contributed by atoms with E-state index in [1.807, 2.05) is 24.4 Å². The molecule has 1 N–H and O–H groups in total. The summed E-state index contributed by atoms with van der Waals surface area (Å²) in [4.78, 5) is 7.03. The van der Waals surface area contributed by atoms with E-state index in [2.05, 4.69) is 42.0 Å². The minimum Gasteiger partial charge on any atom is -0.497 e. The van der Waals surface area contributed by atoms with Crippen LogP contribution in [-0.4, -0.2) is 43.2 Å². The number of benzene rings is 1. The molecule has 2 rings (SSSR count). The quantitative estimate of drug-likeness (QED) is 0.724. The van der Waals surface area contributed by atoms with E-state index in [1.165, 1.54) is 6.42 Å². The predicted molar refractivity (Wildman–Crippen MR) is 106 cm³/mol. The lowest BCUT2D eigenvalue weighted by atomic mass is 10.1. The largest absolute Gasteiger partial charge is 0.497 e. The first kappa shape index (κ1) is 20.5. The van der Waals surface area contributed by atoms with E-state index in [1.54, 1.807) is 7.11 Å². The van der Waals surface area contributed by atoms with Crippen LogP contribution in [0.4, 0.5) is 5.69 Å². The summed E-state index contributed by atoms with van der Waals surface area (Å²) in [6, 6.07) is 8.08. The van der Waals surface area contributed by atoms with Gasteiger partial charge in [-0.3, -0.25) is 4.98 Å². The molecule has 0 saturated heterocycles. The van der Waals surface area contributed by atoms with Gasteiger partial charge in [-0.25, -0.2) is 0 Å². The summed E-state index contributed by atoms with van der Waals surface area (Å²) in [5, 5.41) is 4.64. The first-order valence-electron chi connectivity index (χ1n) is 8.53.